The molecule has 5 nitrogen and oxygen atoms in total. The fraction of sp³-hybridized carbons (Fsp3) is 0.421. The lowest BCUT2D eigenvalue weighted by Crippen LogP contribution is -2.44. The summed E-state index contributed by atoms with van der Waals surface area (Å²) >= 11 is 0. The first-order valence-electron chi connectivity index (χ1n) is 8.35. The number of hydrogen-bond acceptors (Lipinski definition) is 4. The van der Waals surface area contributed by atoms with Crippen molar-refractivity contribution in [2.24, 2.45) is 0 Å². The zero-order valence-electron chi connectivity index (χ0n) is 14.7. The van der Waals surface area contributed by atoms with Gasteiger partial charge in [-0.3, -0.25) is 4.79 Å². The number of benzene rings is 1. The second-order valence-corrected chi connectivity index (χ2v) is 6.27. The number of furan rings is 1. The quantitative estimate of drug-likeness (QED) is 0.883. The van der Waals surface area contributed by atoms with Crippen LogP contribution < -0.4 is 10.1 Å². The largest absolute Gasteiger partial charge is 0.496 e. The summed E-state index contributed by atoms with van der Waals surface area (Å²) < 4.78 is 10.4. The fourth-order valence-electron chi connectivity index (χ4n) is 3.16. The molecule has 1 aromatic heterocycles. The maximum atomic E-state index is 12.3. The normalized spacial score (nSPS) is 14.9. The summed E-state index contributed by atoms with van der Waals surface area (Å²) in [6.07, 6.45) is 4.96. The molecule has 1 aromatic carbocycles. The molecule has 3 rings (SSSR count). The van der Waals surface area contributed by atoms with Gasteiger partial charge in [0.05, 0.1) is 18.9 Å². The van der Waals surface area contributed by atoms with E-state index in [-0.39, 0.29) is 18.3 Å². The molecule has 1 aliphatic heterocycles. The first-order chi connectivity index (χ1) is 11.7. The van der Waals surface area contributed by atoms with Gasteiger partial charge in [-0.2, -0.15) is 0 Å². The first-order valence-corrected chi connectivity index (χ1v) is 8.35. The molecule has 1 amide bonds. The third-order valence-corrected chi connectivity index (χ3v) is 4.57. The summed E-state index contributed by atoms with van der Waals surface area (Å²) in [5.41, 5.74) is 3.04. The van der Waals surface area contributed by atoms with Gasteiger partial charge in [0, 0.05) is 31.2 Å². The minimum absolute atomic E-state index is 0. The van der Waals surface area contributed by atoms with Crippen molar-refractivity contribution in [1.82, 2.24) is 10.2 Å². The van der Waals surface area contributed by atoms with Crippen molar-refractivity contribution in [3.05, 3.63) is 53.5 Å². The number of ether oxygens (including phenoxy) is 1. The number of nitrogens with zero attached hydrogens (tertiary/aromatic N) is 1. The first kappa shape index (κ1) is 19.3. The van der Waals surface area contributed by atoms with Gasteiger partial charge < -0.3 is 19.4 Å². The van der Waals surface area contributed by atoms with Crippen molar-refractivity contribution >= 4 is 18.3 Å². The van der Waals surface area contributed by atoms with E-state index in [1.165, 1.54) is 23.7 Å². The molecule has 0 radical (unpaired) electrons. The van der Waals surface area contributed by atoms with Gasteiger partial charge in [0.25, 0.3) is 5.91 Å². The molecule has 0 saturated carbocycles. The molecular weight excluding hydrogens is 340 g/mol. The molecule has 136 valence electrons. The Labute approximate surface area is 154 Å². The average Bonchev–Trinajstić information content (AvgIpc) is 3.14. The van der Waals surface area contributed by atoms with Gasteiger partial charge in [-0.1, -0.05) is 17.7 Å². The van der Waals surface area contributed by atoms with E-state index >= 15 is 0 Å². The van der Waals surface area contributed by atoms with Gasteiger partial charge in [0.2, 0.25) is 0 Å². The number of nitrogens with one attached hydrogen (secondary N) is 1. The van der Waals surface area contributed by atoms with E-state index in [9.17, 15) is 4.79 Å². The van der Waals surface area contributed by atoms with Crippen molar-refractivity contribution in [2.45, 2.75) is 32.4 Å². The molecule has 1 saturated heterocycles. The zero-order chi connectivity index (χ0) is 16.9. The summed E-state index contributed by atoms with van der Waals surface area (Å²) in [6, 6.07) is 8.37. The summed E-state index contributed by atoms with van der Waals surface area (Å²) in [5.74, 6) is 0.975. The average molecular weight is 365 g/mol. The van der Waals surface area contributed by atoms with Crippen LogP contribution in [0.5, 0.6) is 5.75 Å². The van der Waals surface area contributed by atoms with E-state index in [0.717, 1.165) is 38.2 Å². The lowest BCUT2D eigenvalue weighted by molar-refractivity contribution is 0.0704. The Balaban J connectivity index is 0.00000225. The van der Waals surface area contributed by atoms with E-state index in [4.69, 9.17) is 9.15 Å². The van der Waals surface area contributed by atoms with E-state index in [1.54, 1.807) is 13.2 Å². The summed E-state index contributed by atoms with van der Waals surface area (Å²) in [4.78, 5) is 14.2. The molecular formula is C19H25ClN2O3. The molecule has 2 aromatic rings. The Kier molecular flexibility index (Phi) is 6.91. The Morgan fingerprint density at radius 3 is 2.72 bits per heavy atom. The highest BCUT2D eigenvalue weighted by Crippen LogP contribution is 2.21. The SMILES string of the molecule is COc1ccc(C)cc1CNC1CCN(C(=O)c2ccoc2)CC1.Cl. The lowest BCUT2D eigenvalue weighted by atomic mass is 10.0. The zero-order valence-corrected chi connectivity index (χ0v) is 15.5. The van der Waals surface area contributed by atoms with Crippen LogP contribution in [-0.4, -0.2) is 37.0 Å². The standard InChI is InChI=1S/C19H24N2O3.ClH/c1-14-3-4-18(23-2)16(11-14)12-20-17-5-8-21(9-6-17)19(22)15-7-10-24-13-15;/h3-4,7,10-11,13,17,20H,5-6,8-9,12H2,1-2H3;1H. The molecule has 0 unspecified atom stereocenters. The number of piperidine rings is 1. The smallest absolute Gasteiger partial charge is 0.257 e. The van der Waals surface area contributed by atoms with Gasteiger partial charge in [-0.15, -0.1) is 12.4 Å². The predicted octanol–water partition coefficient (Wildman–Crippen LogP) is 3.41. The molecule has 1 N–H and O–H groups in total. The van der Waals surface area contributed by atoms with Gasteiger partial charge >= 0.3 is 0 Å². The van der Waals surface area contributed by atoms with Crippen LogP contribution in [-0.2, 0) is 6.54 Å². The number of halogens is 1. The van der Waals surface area contributed by atoms with Crippen molar-refractivity contribution in [3.8, 4) is 5.75 Å². The van der Waals surface area contributed by atoms with Crippen LogP contribution in [0.4, 0.5) is 0 Å². The highest BCUT2D eigenvalue weighted by atomic mass is 35.5. The van der Waals surface area contributed by atoms with Crippen LogP contribution in [0.15, 0.2) is 41.2 Å². The minimum Gasteiger partial charge on any atom is -0.496 e. The van der Waals surface area contributed by atoms with Crippen LogP contribution >= 0.6 is 12.4 Å². The Bertz CT molecular complexity index is 680. The molecule has 1 aliphatic rings. The minimum atomic E-state index is 0. The van der Waals surface area contributed by atoms with Crippen molar-refractivity contribution in [2.75, 3.05) is 20.2 Å². The molecule has 25 heavy (non-hydrogen) atoms. The van der Waals surface area contributed by atoms with E-state index < -0.39 is 0 Å². The Hall–Kier alpha value is -1.98. The molecule has 1 fully saturated rings. The van der Waals surface area contributed by atoms with E-state index in [1.807, 2.05) is 11.0 Å². The molecule has 0 spiro atoms. The molecule has 6 heteroatoms. The van der Waals surface area contributed by atoms with Crippen LogP contribution in [0.1, 0.15) is 34.3 Å². The molecule has 2 heterocycles. The van der Waals surface area contributed by atoms with Gasteiger partial charge in [-0.25, -0.2) is 0 Å². The highest BCUT2D eigenvalue weighted by molar-refractivity contribution is 5.93. The van der Waals surface area contributed by atoms with Crippen LogP contribution in [0, 0.1) is 6.92 Å². The monoisotopic (exact) mass is 364 g/mol. The summed E-state index contributed by atoms with van der Waals surface area (Å²) in [6.45, 7) is 4.41. The second-order valence-electron chi connectivity index (χ2n) is 6.27. The van der Waals surface area contributed by atoms with Gasteiger partial charge in [-0.05, 0) is 31.9 Å². The topological polar surface area (TPSA) is 54.7 Å². The molecule has 0 aliphatic carbocycles. The summed E-state index contributed by atoms with van der Waals surface area (Å²) in [5, 5.41) is 3.60. The Morgan fingerprint density at radius 1 is 1.32 bits per heavy atom. The van der Waals surface area contributed by atoms with Crippen molar-refractivity contribution in [1.29, 1.82) is 0 Å². The fourth-order valence-corrected chi connectivity index (χ4v) is 3.16. The maximum absolute atomic E-state index is 12.3. The number of rotatable bonds is 5. The number of methoxy groups -OCH3 is 1. The van der Waals surface area contributed by atoms with Crippen LogP contribution in [0.2, 0.25) is 0 Å². The number of aryl methyl sites for hydroxylation is 1. The lowest BCUT2D eigenvalue weighted by Gasteiger charge is -2.32. The van der Waals surface area contributed by atoms with Crippen molar-refractivity contribution in [3.63, 3.8) is 0 Å². The number of likely N-dealkylation sites (tertiary alicyclic amines) is 1. The van der Waals surface area contributed by atoms with Crippen LogP contribution in [0.25, 0.3) is 0 Å². The summed E-state index contributed by atoms with van der Waals surface area (Å²) in [7, 11) is 1.70. The second kappa shape index (κ2) is 8.92. The predicted molar refractivity (Wildman–Crippen MR) is 99.5 cm³/mol. The third-order valence-electron chi connectivity index (χ3n) is 4.57. The molecule has 0 atom stereocenters. The third kappa shape index (κ3) is 4.77. The number of amides is 1. The highest BCUT2D eigenvalue weighted by Gasteiger charge is 2.24. The van der Waals surface area contributed by atoms with E-state index in [2.05, 4.69) is 24.4 Å². The molecule has 0 bridgehead atoms. The van der Waals surface area contributed by atoms with Gasteiger partial charge in [0.1, 0.15) is 12.0 Å². The Morgan fingerprint density at radius 2 is 2.08 bits per heavy atom. The maximum Gasteiger partial charge on any atom is 0.257 e. The van der Waals surface area contributed by atoms with E-state index in [0.29, 0.717) is 11.6 Å². The number of carbonyl (C=O) groups excluding carboxylic acids is 1. The number of carbonyl (C=O) groups is 1. The van der Waals surface area contributed by atoms with Crippen LogP contribution in [0.3, 0.4) is 0 Å². The van der Waals surface area contributed by atoms with Crippen molar-refractivity contribution < 1.29 is 13.9 Å². The van der Waals surface area contributed by atoms with Gasteiger partial charge in [0.15, 0.2) is 0 Å². The number of hydrogen-bond donors (Lipinski definition) is 1.